The van der Waals surface area contributed by atoms with Gasteiger partial charge < -0.3 is 5.11 Å². The maximum atomic E-state index is 11.7. The monoisotopic (exact) mass is 366 g/mol. The molecule has 0 bridgehead atoms. The minimum absolute atomic E-state index is 0.297. The van der Waals surface area contributed by atoms with Crippen molar-refractivity contribution in [3.8, 4) is 0 Å². The van der Waals surface area contributed by atoms with Crippen LogP contribution in [0.4, 0.5) is 0 Å². The van der Waals surface area contributed by atoms with Crippen molar-refractivity contribution in [2.75, 3.05) is 19.6 Å². The van der Waals surface area contributed by atoms with E-state index in [4.69, 9.17) is 0 Å². The van der Waals surface area contributed by atoms with Crippen molar-refractivity contribution in [2.24, 2.45) is 0 Å². The number of rotatable bonds is 6. The molecule has 2 fully saturated rings. The van der Waals surface area contributed by atoms with Crippen LogP contribution in [0.25, 0.3) is 0 Å². The zero-order valence-electron chi connectivity index (χ0n) is 16.0. The van der Waals surface area contributed by atoms with Gasteiger partial charge in [-0.15, -0.1) is 0 Å². The van der Waals surface area contributed by atoms with Crippen molar-refractivity contribution < 1.29 is 5.11 Å². The van der Waals surface area contributed by atoms with Crippen LogP contribution in [0.2, 0.25) is 0 Å². The quantitative estimate of drug-likeness (QED) is 0.852. The van der Waals surface area contributed by atoms with Crippen LogP contribution in [-0.4, -0.2) is 56.2 Å². The third-order valence-electron chi connectivity index (χ3n) is 6.04. The largest absolute Gasteiger partial charge is 0.387 e. The number of hydrogen-bond donors (Lipinski definition) is 1. The summed E-state index contributed by atoms with van der Waals surface area (Å²) in [6.07, 6.45) is 13.1. The highest BCUT2D eigenvalue weighted by Gasteiger charge is 2.44. The molecule has 0 aromatic carbocycles. The number of fused-ring (bicyclic) bond motifs is 1. The van der Waals surface area contributed by atoms with Crippen LogP contribution in [-0.2, 0) is 13.1 Å². The summed E-state index contributed by atoms with van der Waals surface area (Å²) in [5.41, 5.74) is 1.73. The molecule has 0 saturated carbocycles. The number of hydrogen-bond acceptors (Lipinski definition) is 5. The first-order chi connectivity index (χ1) is 13.2. The first kappa shape index (κ1) is 18.5. The lowest BCUT2D eigenvalue weighted by molar-refractivity contribution is -0.111. The van der Waals surface area contributed by atoms with Gasteiger partial charge in [0.05, 0.1) is 5.60 Å². The molecule has 27 heavy (non-hydrogen) atoms. The van der Waals surface area contributed by atoms with Crippen LogP contribution in [0.1, 0.15) is 43.2 Å². The summed E-state index contributed by atoms with van der Waals surface area (Å²) in [5.74, 6) is 0. The molecule has 2 aliphatic heterocycles. The van der Waals surface area contributed by atoms with E-state index in [1.165, 1.54) is 24.0 Å². The van der Waals surface area contributed by atoms with Gasteiger partial charge in [-0.1, -0.05) is 18.6 Å². The van der Waals surface area contributed by atoms with Gasteiger partial charge in [0, 0.05) is 50.5 Å². The van der Waals surface area contributed by atoms with Crippen LogP contribution < -0.4 is 0 Å². The zero-order chi connectivity index (χ0) is 18.5. The van der Waals surface area contributed by atoms with Crippen LogP contribution >= 0.6 is 0 Å². The van der Waals surface area contributed by atoms with Gasteiger partial charge in [0.25, 0.3) is 0 Å². The van der Waals surface area contributed by atoms with E-state index in [0.29, 0.717) is 12.6 Å². The summed E-state index contributed by atoms with van der Waals surface area (Å²) in [7, 11) is 0. The lowest BCUT2D eigenvalue weighted by Crippen LogP contribution is -2.62. The van der Waals surface area contributed by atoms with Gasteiger partial charge in [0.2, 0.25) is 0 Å². The Bertz CT molecular complexity index is 667. The maximum absolute atomic E-state index is 11.7. The van der Waals surface area contributed by atoms with Gasteiger partial charge in [-0.05, 0) is 62.0 Å². The van der Waals surface area contributed by atoms with Gasteiger partial charge in [-0.25, -0.2) is 0 Å². The van der Waals surface area contributed by atoms with E-state index < -0.39 is 5.60 Å². The predicted molar refractivity (Wildman–Crippen MR) is 106 cm³/mol. The van der Waals surface area contributed by atoms with Crippen LogP contribution in [0, 0.1) is 0 Å². The Balaban J connectivity index is 1.53. The van der Waals surface area contributed by atoms with Gasteiger partial charge >= 0.3 is 0 Å². The molecule has 2 aliphatic rings. The molecular weight excluding hydrogens is 336 g/mol. The maximum Gasteiger partial charge on any atom is 0.0928 e. The molecule has 5 heteroatoms. The minimum Gasteiger partial charge on any atom is -0.387 e. The second-order valence-corrected chi connectivity index (χ2v) is 8.12. The standard InChI is InChI=1S/C22H30N4O/c27-22(9-5-13-26-12-2-1-8-21(22)26)18-25(16-19-6-3-10-23-14-19)17-20-7-4-11-24-15-20/h3-4,6-7,10-11,14-15,21,27H,1-2,5,8-9,12-13,16-18H2/t21-,22-/m1/s1. The van der Waals surface area contributed by atoms with Crippen molar-refractivity contribution in [3.63, 3.8) is 0 Å². The molecule has 0 aliphatic carbocycles. The number of nitrogens with zero attached hydrogens (tertiary/aromatic N) is 4. The van der Waals surface area contributed by atoms with Crippen LogP contribution in [0.15, 0.2) is 49.1 Å². The van der Waals surface area contributed by atoms with E-state index in [0.717, 1.165) is 45.4 Å². The first-order valence-electron chi connectivity index (χ1n) is 10.2. The lowest BCUT2D eigenvalue weighted by Gasteiger charge is -2.51. The molecule has 0 radical (unpaired) electrons. The fourth-order valence-corrected chi connectivity index (χ4v) is 4.86. The van der Waals surface area contributed by atoms with Gasteiger partial charge in [0.1, 0.15) is 0 Å². The molecule has 4 heterocycles. The molecule has 2 atom stereocenters. The summed E-state index contributed by atoms with van der Waals surface area (Å²) in [6.45, 7) is 4.55. The lowest BCUT2D eigenvalue weighted by atomic mass is 9.79. The Kier molecular flexibility index (Phi) is 5.81. The molecule has 1 N–H and O–H groups in total. The molecule has 2 saturated heterocycles. The Labute approximate surface area is 162 Å². The summed E-state index contributed by atoms with van der Waals surface area (Å²) < 4.78 is 0. The zero-order valence-corrected chi connectivity index (χ0v) is 16.0. The third kappa shape index (κ3) is 4.54. The molecule has 4 rings (SSSR count). The molecule has 0 unspecified atom stereocenters. The van der Waals surface area contributed by atoms with Gasteiger partial charge in [-0.3, -0.25) is 19.8 Å². The highest BCUT2D eigenvalue weighted by molar-refractivity contribution is 5.12. The fourth-order valence-electron chi connectivity index (χ4n) is 4.86. The molecule has 0 amide bonds. The summed E-state index contributed by atoms with van der Waals surface area (Å²) >= 11 is 0. The van der Waals surface area contributed by atoms with E-state index in [1.807, 2.05) is 36.9 Å². The summed E-state index contributed by atoms with van der Waals surface area (Å²) in [4.78, 5) is 13.4. The van der Waals surface area contributed by atoms with Crippen molar-refractivity contribution in [1.29, 1.82) is 0 Å². The number of piperidine rings is 2. The van der Waals surface area contributed by atoms with Crippen molar-refractivity contribution in [2.45, 2.75) is 56.8 Å². The van der Waals surface area contributed by atoms with Gasteiger partial charge in [-0.2, -0.15) is 0 Å². The van der Waals surface area contributed by atoms with E-state index in [-0.39, 0.29) is 0 Å². The molecule has 5 nitrogen and oxygen atoms in total. The second-order valence-electron chi connectivity index (χ2n) is 8.12. The average molecular weight is 367 g/mol. The van der Waals surface area contributed by atoms with Crippen LogP contribution in [0.3, 0.4) is 0 Å². The second kappa shape index (κ2) is 8.46. The number of aliphatic hydroxyl groups is 1. The van der Waals surface area contributed by atoms with Gasteiger partial charge in [0.15, 0.2) is 0 Å². The summed E-state index contributed by atoms with van der Waals surface area (Å²) in [5, 5.41) is 11.7. The normalized spacial score (nSPS) is 26.1. The number of pyridine rings is 2. The third-order valence-corrected chi connectivity index (χ3v) is 6.04. The molecule has 2 aromatic heterocycles. The van der Waals surface area contributed by atoms with Crippen molar-refractivity contribution >= 4 is 0 Å². The SMILES string of the molecule is O[C@@]1(CN(Cc2cccnc2)Cc2cccnc2)CCCN2CCCC[C@@H]21. The van der Waals surface area contributed by atoms with E-state index >= 15 is 0 Å². The Morgan fingerprint density at radius 2 is 1.67 bits per heavy atom. The first-order valence-corrected chi connectivity index (χ1v) is 10.2. The Hall–Kier alpha value is -1.82. The molecule has 2 aromatic rings. The number of aromatic nitrogens is 2. The van der Waals surface area contributed by atoms with Crippen molar-refractivity contribution in [3.05, 3.63) is 60.2 Å². The topological polar surface area (TPSA) is 52.5 Å². The summed E-state index contributed by atoms with van der Waals surface area (Å²) in [6, 6.07) is 8.48. The highest BCUT2D eigenvalue weighted by Crippen LogP contribution is 2.35. The van der Waals surface area contributed by atoms with E-state index in [2.05, 4.69) is 31.9 Å². The average Bonchev–Trinajstić information content (AvgIpc) is 2.70. The van der Waals surface area contributed by atoms with Crippen molar-refractivity contribution in [1.82, 2.24) is 19.8 Å². The molecular formula is C22H30N4O. The van der Waals surface area contributed by atoms with E-state index in [9.17, 15) is 5.11 Å². The minimum atomic E-state index is -0.636. The van der Waals surface area contributed by atoms with Crippen LogP contribution in [0.5, 0.6) is 0 Å². The fraction of sp³-hybridized carbons (Fsp3) is 0.545. The smallest absolute Gasteiger partial charge is 0.0928 e. The van der Waals surface area contributed by atoms with E-state index in [1.54, 1.807) is 0 Å². The molecule has 144 valence electrons. The predicted octanol–water partition coefficient (Wildman–Crippen LogP) is 2.86. The molecule has 0 spiro atoms. The Morgan fingerprint density at radius 3 is 2.30 bits per heavy atom. The highest BCUT2D eigenvalue weighted by atomic mass is 16.3. The Morgan fingerprint density at radius 1 is 1.00 bits per heavy atom.